The number of nitrogens with two attached hydrogens (primary N) is 1. The third-order valence-corrected chi connectivity index (χ3v) is 3.93. The number of fused-ring (bicyclic) bond motifs is 1. The maximum Gasteiger partial charge on any atom is 0.123 e. The molecule has 0 fully saturated rings. The van der Waals surface area contributed by atoms with Crippen LogP contribution in [0.2, 0.25) is 0 Å². The van der Waals surface area contributed by atoms with E-state index >= 15 is 0 Å². The van der Waals surface area contributed by atoms with Crippen molar-refractivity contribution in [2.75, 3.05) is 12.3 Å². The van der Waals surface area contributed by atoms with Crippen LogP contribution in [-0.4, -0.2) is 6.61 Å². The molecule has 3 rings (SSSR count). The van der Waals surface area contributed by atoms with Gasteiger partial charge in [0.2, 0.25) is 0 Å². The molecule has 0 radical (unpaired) electrons. The van der Waals surface area contributed by atoms with Gasteiger partial charge in [0, 0.05) is 5.69 Å². The number of anilines is 1. The monoisotopic (exact) mass is 253 g/mol. The molecule has 1 aliphatic heterocycles. The second kappa shape index (κ2) is 4.61. The van der Waals surface area contributed by atoms with Crippen LogP contribution in [0, 0.1) is 6.92 Å². The SMILES string of the molecule is Cc1ccc(N)cc1-c1ccc2c(c1)OCC[C@H]2C. The highest BCUT2D eigenvalue weighted by molar-refractivity contribution is 5.72. The lowest BCUT2D eigenvalue weighted by molar-refractivity contribution is 0.272. The van der Waals surface area contributed by atoms with E-state index < -0.39 is 0 Å². The molecule has 98 valence electrons. The Bertz CT molecular complexity index is 619. The van der Waals surface area contributed by atoms with E-state index in [0.717, 1.165) is 24.5 Å². The molecule has 2 aromatic rings. The van der Waals surface area contributed by atoms with Gasteiger partial charge in [-0.25, -0.2) is 0 Å². The van der Waals surface area contributed by atoms with Crippen molar-refractivity contribution < 1.29 is 4.74 Å². The fraction of sp³-hybridized carbons (Fsp3) is 0.294. The lowest BCUT2D eigenvalue weighted by atomic mass is 9.91. The summed E-state index contributed by atoms with van der Waals surface area (Å²) in [5.41, 5.74) is 11.6. The van der Waals surface area contributed by atoms with Crippen LogP contribution >= 0.6 is 0 Å². The Balaban J connectivity index is 2.09. The van der Waals surface area contributed by atoms with E-state index in [1.807, 2.05) is 12.1 Å². The number of hydrogen-bond donors (Lipinski definition) is 1. The average Bonchev–Trinajstić information content (AvgIpc) is 2.41. The second-order valence-corrected chi connectivity index (χ2v) is 5.37. The van der Waals surface area contributed by atoms with Crippen molar-refractivity contribution in [2.45, 2.75) is 26.2 Å². The molecule has 1 heterocycles. The van der Waals surface area contributed by atoms with Crippen molar-refractivity contribution in [3.63, 3.8) is 0 Å². The quantitative estimate of drug-likeness (QED) is 0.775. The molecular weight excluding hydrogens is 234 g/mol. The number of rotatable bonds is 1. The minimum atomic E-state index is 0.583. The third-order valence-electron chi connectivity index (χ3n) is 3.93. The molecule has 19 heavy (non-hydrogen) atoms. The van der Waals surface area contributed by atoms with Crippen LogP contribution in [0.25, 0.3) is 11.1 Å². The molecule has 2 aromatic carbocycles. The Hall–Kier alpha value is -1.96. The predicted octanol–water partition coefficient (Wildman–Crippen LogP) is 4.13. The largest absolute Gasteiger partial charge is 0.493 e. The number of benzene rings is 2. The molecule has 0 bridgehead atoms. The second-order valence-electron chi connectivity index (χ2n) is 5.37. The fourth-order valence-corrected chi connectivity index (χ4v) is 2.69. The minimum Gasteiger partial charge on any atom is -0.493 e. The lowest BCUT2D eigenvalue weighted by Gasteiger charge is -2.23. The van der Waals surface area contributed by atoms with E-state index in [9.17, 15) is 0 Å². The first-order valence-electron chi connectivity index (χ1n) is 6.78. The van der Waals surface area contributed by atoms with Gasteiger partial charge < -0.3 is 10.5 Å². The van der Waals surface area contributed by atoms with Crippen molar-refractivity contribution in [3.8, 4) is 16.9 Å². The highest BCUT2D eigenvalue weighted by Gasteiger charge is 2.18. The van der Waals surface area contributed by atoms with Gasteiger partial charge in [-0.1, -0.05) is 25.1 Å². The molecule has 0 saturated carbocycles. The molecule has 2 nitrogen and oxygen atoms in total. The van der Waals surface area contributed by atoms with Gasteiger partial charge in [-0.15, -0.1) is 0 Å². The lowest BCUT2D eigenvalue weighted by Crippen LogP contribution is -2.11. The normalized spacial score (nSPS) is 17.7. The van der Waals surface area contributed by atoms with E-state index in [1.165, 1.54) is 22.3 Å². The summed E-state index contributed by atoms with van der Waals surface area (Å²) in [4.78, 5) is 0. The van der Waals surface area contributed by atoms with E-state index in [-0.39, 0.29) is 0 Å². The summed E-state index contributed by atoms with van der Waals surface area (Å²) in [6.45, 7) is 5.18. The fourth-order valence-electron chi connectivity index (χ4n) is 2.69. The number of aryl methyl sites for hydroxylation is 1. The van der Waals surface area contributed by atoms with Crippen molar-refractivity contribution in [3.05, 3.63) is 47.5 Å². The van der Waals surface area contributed by atoms with Gasteiger partial charge in [-0.2, -0.15) is 0 Å². The standard InChI is InChI=1S/C17H19NO/c1-11-3-5-14(18)10-16(11)13-4-6-15-12(2)7-8-19-17(15)9-13/h3-6,9-10,12H,7-8,18H2,1-2H3/t12-/m1/s1. The zero-order valence-corrected chi connectivity index (χ0v) is 11.4. The molecule has 2 heteroatoms. The Kier molecular flexibility index (Phi) is 2.94. The van der Waals surface area contributed by atoms with E-state index in [4.69, 9.17) is 10.5 Å². The summed E-state index contributed by atoms with van der Waals surface area (Å²) >= 11 is 0. The molecule has 2 N–H and O–H groups in total. The topological polar surface area (TPSA) is 35.2 Å². The highest BCUT2D eigenvalue weighted by Crippen LogP contribution is 2.37. The Morgan fingerprint density at radius 1 is 1.16 bits per heavy atom. The summed E-state index contributed by atoms with van der Waals surface area (Å²) in [6, 6.07) is 12.5. The molecule has 1 atom stereocenters. The molecule has 0 aliphatic carbocycles. The van der Waals surface area contributed by atoms with E-state index in [1.54, 1.807) is 0 Å². The van der Waals surface area contributed by atoms with Crippen molar-refractivity contribution in [2.24, 2.45) is 0 Å². The van der Waals surface area contributed by atoms with Crippen molar-refractivity contribution >= 4 is 5.69 Å². The van der Waals surface area contributed by atoms with Crippen LogP contribution in [0.1, 0.15) is 30.4 Å². The summed E-state index contributed by atoms with van der Waals surface area (Å²) in [5.74, 6) is 1.61. The molecule has 0 saturated heterocycles. The van der Waals surface area contributed by atoms with Gasteiger partial charge >= 0.3 is 0 Å². The van der Waals surface area contributed by atoms with Crippen LogP contribution in [-0.2, 0) is 0 Å². The Morgan fingerprint density at radius 3 is 2.84 bits per heavy atom. The summed E-state index contributed by atoms with van der Waals surface area (Å²) in [5, 5.41) is 0. The maximum absolute atomic E-state index is 5.89. The molecule has 1 aliphatic rings. The smallest absolute Gasteiger partial charge is 0.123 e. The van der Waals surface area contributed by atoms with Crippen LogP contribution < -0.4 is 10.5 Å². The molecule has 0 spiro atoms. The summed E-state index contributed by atoms with van der Waals surface area (Å²) in [6.07, 6.45) is 1.10. The first kappa shape index (κ1) is 12.1. The number of nitrogen functional groups attached to an aromatic ring is 1. The van der Waals surface area contributed by atoms with Gasteiger partial charge in [0.25, 0.3) is 0 Å². The van der Waals surface area contributed by atoms with Gasteiger partial charge in [0.1, 0.15) is 5.75 Å². The van der Waals surface area contributed by atoms with Crippen molar-refractivity contribution in [1.82, 2.24) is 0 Å². The van der Waals surface area contributed by atoms with Crippen molar-refractivity contribution in [1.29, 1.82) is 0 Å². The number of ether oxygens (including phenoxy) is 1. The van der Waals surface area contributed by atoms with Gasteiger partial charge in [-0.05, 0) is 59.7 Å². The average molecular weight is 253 g/mol. The van der Waals surface area contributed by atoms with Crippen LogP contribution in [0.3, 0.4) is 0 Å². The zero-order valence-electron chi connectivity index (χ0n) is 11.4. The van der Waals surface area contributed by atoms with Gasteiger partial charge in [-0.3, -0.25) is 0 Å². The molecule has 0 amide bonds. The van der Waals surface area contributed by atoms with Crippen LogP contribution in [0.5, 0.6) is 5.75 Å². The van der Waals surface area contributed by atoms with E-state index in [2.05, 4.69) is 38.1 Å². The number of hydrogen-bond acceptors (Lipinski definition) is 2. The Morgan fingerprint density at radius 2 is 2.00 bits per heavy atom. The molecule has 0 aromatic heterocycles. The molecular formula is C17H19NO. The third kappa shape index (κ3) is 2.19. The van der Waals surface area contributed by atoms with Gasteiger partial charge in [0.05, 0.1) is 6.61 Å². The first-order chi connectivity index (χ1) is 9.15. The predicted molar refractivity (Wildman–Crippen MR) is 79.6 cm³/mol. The summed E-state index contributed by atoms with van der Waals surface area (Å²) < 4.78 is 5.79. The minimum absolute atomic E-state index is 0.583. The zero-order chi connectivity index (χ0) is 13.4. The molecule has 0 unspecified atom stereocenters. The summed E-state index contributed by atoms with van der Waals surface area (Å²) in [7, 11) is 0. The van der Waals surface area contributed by atoms with Gasteiger partial charge in [0.15, 0.2) is 0 Å². The van der Waals surface area contributed by atoms with Crippen LogP contribution in [0.4, 0.5) is 5.69 Å². The van der Waals surface area contributed by atoms with Crippen LogP contribution in [0.15, 0.2) is 36.4 Å². The maximum atomic E-state index is 5.89. The first-order valence-corrected chi connectivity index (χ1v) is 6.78. The Labute approximate surface area is 114 Å². The van der Waals surface area contributed by atoms with E-state index in [0.29, 0.717) is 5.92 Å². The highest BCUT2D eigenvalue weighted by atomic mass is 16.5.